The minimum absolute atomic E-state index is 0.0708. The largest absolute Gasteiger partial charge is 0.461 e. The second-order valence-electron chi connectivity index (χ2n) is 7.05. The minimum atomic E-state index is 0.0708. The number of hydrogen-bond donors (Lipinski definition) is 0. The number of carbonyl (C=O) groups is 1. The van der Waals surface area contributed by atoms with Gasteiger partial charge in [0.15, 0.2) is 0 Å². The Kier molecular flexibility index (Phi) is 11.5. The zero-order chi connectivity index (χ0) is 16.0. The molecule has 2 unspecified atom stereocenters. The maximum absolute atomic E-state index is 11.6. The molecule has 0 aromatic heterocycles. The van der Waals surface area contributed by atoms with E-state index in [2.05, 4.69) is 13.8 Å². The second kappa shape index (κ2) is 13.0. The van der Waals surface area contributed by atoms with Crippen LogP contribution in [0.1, 0.15) is 110 Å². The van der Waals surface area contributed by atoms with Crippen molar-refractivity contribution in [3.63, 3.8) is 0 Å². The van der Waals surface area contributed by atoms with Gasteiger partial charge in [-0.3, -0.25) is 4.79 Å². The van der Waals surface area contributed by atoms with Crippen molar-refractivity contribution in [1.82, 2.24) is 0 Å². The number of ether oxygens (including phenoxy) is 1. The fraction of sp³-hybridized carbons (Fsp3) is 0.950. The van der Waals surface area contributed by atoms with E-state index in [0.717, 1.165) is 12.8 Å². The molecule has 0 amide bonds. The Morgan fingerprint density at radius 2 is 1.14 bits per heavy atom. The summed E-state index contributed by atoms with van der Waals surface area (Å²) < 4.78 is 5.35. The van der Waals surface area contributed by atoms with Crippen LogP contribution in [0.5, 0.6) is 0 Å². The van der Waals surface area contributed by atoms with Crippen molar-refractivity contribution in [3.8, 4) is 0 Å². The van der Waals surface area contributed by atoms with Crippen molar-refractivity contribution in [1.29, 1.82) is 0 Å². The first-order valence-corrected chi connectivity index (χ1v) is 10.00. The Hall–Kier alpha value is -0.530. The van der Waals surface area contributed by atoms with E-state index in [4.69, 9.17) is 4.74 Å². The molecule has 1 aliphatic rings. The van der Waals surface area contributed by atoms with E-state index < -0.39 is 0 Å². The molecule has 2 nitrogen and oxygen atoms in total. The standard InChI is InChI=1S/C20H38O2/c1-3-5-7-9-11-13-15-17-19-18(20(21)22-19)16-14-12-10-8-6-4-2/h18-19H,3-17H2,1-2H3. The number of rotatable bonds is 15. The maximum atomic E-state index is 11.6. The van der Waals surface area contributed by atoms with Crippen LogP contribution in [0, 0.1) is 5.92 Å². The molecule has 2 atom stereocenters. The highest BCUT2D eigenvalue weighted by molar-refractivity contribution is 5.78. The lowest BCUT2D eigenvalue weighted by Gasteiger charge is -2.35. The van der Waals surface area contributed by atoms with Crippen LogP contribution in [0.2, 0.25) is 0 Å². The molecule has 0 bridgehead atoms. The normalized spacial score (nSPS) is 20.7. The van der Waals surface area contributed by atoms with Gasteiger partial charge >= 0.3 is 5.97 Å². The van der Waals surface area contributed by atoms with E-state index in [1.54, 1.807) is 0 Å². The predicted molar refractivity (Wildman–Crippen MR) is 94.0 cm³/mol. The van der Waals surface area contributed by atoms with Crippen molar-refractivity contribution in [2.24, 2.45) is 5.92 Å². The van der Waals surface area contributed by atoms with Crippen LogP contribution >= 0.6 is 0 Å². The number of esters is 1. The SMILES string of the molecule is CCCCCCCCCC1OC(=O)C1CCCCCCCC. The lowest BCUT2D eigenvalue weighted by molar-refractivity contribution is -0.186. The first-order valence-electron chi connectivity index (χ1n) is 10.00. The highest BCUT2D eigenvalue weighted by Crippen LogP contribution is 2.31. The molecule has 0 aliphatic carbocycles. The summed E-state index contributed by atoms with van der Waals surface area (Å²) in [4.78, 5) is 11.6. The van der Waals surface area contributed by atoms with Crippen molar-refractivity contribution >= 4 is 5.97 Å². The highest BCUT2D eigenvalue weighted by Gasteiger charge is 2.40. The molecular formula is C20H38O2. The summed E-state index contributed by atoms with van der Waals surface area (Å²) >= 11 is 0. The van der Waals surface area contributed by atoms with Crippen molar-refractivity contribution in [3.05, 3.63) is 0 Å². The van der Waals surface area contributed by atoms with Crippen molar-refractivity contribution in [2.75, 3.05) is 0 Å². The minimum Gasteiger partial charge on any atom is -0.461 e. The van der Waals surface area contributed by atoms with E-state index in [-0.39, 0.29) is 18.0 Å². The molecule has 130 valence electrons. The van der Waals surface area contributed by atoms with Crippen LogP contribution in [0.4, 0.5) is 0 Å². The quantitative estimate of drug-likeness (QED) is 0.258. The Bertz CT molecular complexity index is 275. The average molecular weight is 311 g/mol. The lowest BCUT2D eigenvalue weighted by atomic mass is 9.87. The van der Waals surface area contributed by atoms with Gasteiger partial charge < -0.3 is 4.74 Å². The first-order chi connectivity index (χ1) is 10.8. The van der Waals surface area contributed by atoms with Crippen LogP contribution in [-0.2, 0) is 9.53 Å². The molecule has 0 spiro atoms. The van der Waals surface area contributed by atoms with Gasteiger partial charge in [0.25, 0.3) is 0 Å². The zero-order valence-corrected chi connectivity index (χ0v) is 15.1. The Morgan fingerprint density at radius 3 is 1.64 bits per heavy atom. The van der Waals surface area contributed by atoms with Gasteiger partial charge in [0, 0.05) is 0 Å². The summed E-state index contributed by atoms with van der Waals surface area (Å²) in [5, 5.41) is 0. The fourth-order valence-electron chi connectivity index (χ4n) is 3.41. The van der Waals surface area contributed by atoms with Gasteiger partial charge in [-0.15, -0.1) is 0 Å². The monoisotopic (exact) mass is 310 g/mol. The summed E-state index contributed by atoms with van der Waals surface area (Å²) in [7, 11) is 0. The molecule has 0 radical (unpaired) electrons. The van der Waals surface area contributed by atoms with E-state index >= 15 is 0 Å². The third-order valence-corrected chi connectivity index (χ3v) is 4.98. The highest BCUT2D eigenvalue weighted by atomic mass is 16.6. The Labute approximate surface area is 138 Å². The molecule has 22 heavy (non-hydrogen) atoms. The number of cyclic esters (lactones) is 1. The third kappa shape index (κ3) is 8.19. The number of unbranched alkanes of at least 4 members (excludes halogenated alkanes) is 11. The van der Waals surface area contributed by atoms with Gasteiger partial charge in [-0.2, -0.15) is 0 Å². The fourth-order valence-corrected chi connectivity index (χ4v) is 3.41. The molecule has 1 heterocycles. The predicted octanol–water partition coefficient (Wildman–Crippen LogP) is 6.42. The Balaban J connectivity index is 1.96. The molecule has 1 rings (SSSR count). The van der Waals surface area contributed by atoms with Gasteiger partial charge in [-0.25, -0.2) is 0 Å². The zero-order valence-electron chi connectivity index (χ0n) is 15.1. The molecule has 2 heteroatoms. The van der Waals surface area contributed by atoms with E-state index in [9.17, 15) is 4.79 Å². The van der Waals surface area contributed by atoms with Gasteiger partial charge in [-0.1, -0.05) is 90.9 Å². The molecule has 0 N–H and O–H groups in total. The molecule has 0 aromatic rings. The molecule has 1 aliphatic heterocycles. The van der Waals surface area contributed by atoms with Crippen LogP contribution in [0.3, 0.4) is 0 Å². The first kappa shape index (κ1) is 19.5. The second-order valence-corrected chi connectivity index (χ2v) is 7.05. The van der Waals surface area contributed by atoms with Gasteiger partial charge in [0.05, 0.1) is 5.92 Å². The van der Waals surface area contributed by atoms with Crippen molar-refractivity contribution < 1.29 is 9.53 Å². The van der Waals surface area contributed by atoms with Crippen LogP contribution in [0.25, 0.3) is 0 Å². The summed E-state index contributed by atoms with van der Waals surface area (Å²) in [5.41, 5.74) is 0. The topological polar surface area (TPSA) is 26.3 Å². The average Bonchev–Trinajstić information content (AvgIpc) is 2.52. The summed E-state index contributed by atoms with van der Waals surface area (Å²) in [6, 6.07) is 0. The van der Waals surface area contributed by atoms with Crippen LogP contribution in [-0.4, -0.2) is 12.1 Å². The van der Waals surface area contributed by atoms with Crippen LogP contribution in [0.15, 0.2) is 0 Å². The third-order valence-electron chi connectivity index (χ3n) is 4.98. The summed E-state index contributed by atoms with van der Waals surface area (Å²) in [6.07, 6.45) is 19.6. The van der Waals surface area contributed by atoms with E-state index in [1.807, 2.05) is 0 Å². The summed E-state index contributed by atoms with van der Waals surface area (Å²) in [6.45, 7) is 4.51. The van der Waals surface area contributed by atoms with Gasteiger partial charge in [0.1, 0.15) is 6.10 Å². The lowest BCUT2D eigenvalue weighted by Crippen LogP contribution is -2.44. The van der Waals surface area contributed by atoms with E-state index in [1.165, 1.54) is 83.5 Å². The smallest absolute Gasteiger partial charge is 0.313 e. The maximum Gasteiger partial charge on any atom is 0.313 e. The molecule has 0 aromatic carbocycles. The van der Waals surface area contributed by atoms with E-state index in [0.29, 0.717) is 0 Å². The Morgan fingerprint density at radius 1 is 0.682 bits per heavy atom. The number of hydrogen-bond acceptors (Lipinski definition) is 2. The van der Waals surface area contributed by atoms with Gasteiger partial charge in [-0.05, 0) is 19.3 Å². The van der Waals surface area contributed by atoms with Gasteiger partial charge in [0.2, 0.25) is 0 Å². The molecule has 1 saturated heterocycles. The van der Waals surface area contributed by atoms with Crippen molar-refractivity contribution in [2.45, 2.75) is 116 Å². The van der Waals surface area contributed by atoms with Crippen LogP contribution < -0.4 is 0 Å². The number of carbonyl (C=O) groups excluding carboxylic acids is 1. The molecule has 0 saturated carbocycles. The molecule has 1 fully saturated rings. The summed E-state index contributed by atoms with van der Waals surface area (Å²) in [5.74, 6) is 0.299. The molecular weight excluding hydrogens is 272 g/mol.